The first-order valence-electron chi connectivity index (χ1n) is 3.43. The highest BCUT2D eigenvalue weighted by molar-refractivity contribution is 7.99. The van der Waals surface area contributed by atoms with Gasteiger partial charge in [0, 0.05) is 6.54 Å². The molecule has 3 N–H and O–H groups in total. The smallest absolute Gasteiger partial charge is 0.216 e. The van der Waals surface area contributed by atoms with Crippen molar-refractivity contribution < 1.29 is 8.42 Å². The second-order valence-electron chi connectivity index (χ2n) is 2.62. The summed E-state index contributed by atoms with van der Waals surface area (Å²) in [6, 6.07) is 0. The molecule has 1 fully saturated rings. The van der Waals surface area contributed by atoms with Crippen LogP contribution in [0.3, 0.4) is 0 Å². The number of thioether (sulfide) groups is 1. The van der Waals surface area contributed by atoms with E-state index in [9.17, 15) is 8.42 Å². The largest absolute Gasteiger partial charge is 0.274 e. The molecule has 11 heavy (non-hydrogen) atoms. The van der Waals surface area contributed by atoms with Gasteiger partial charge in [0.25, 0.3) is 10.2 Å². The fraction of sp³-hybridized carbons (Fsp3) is 1.00. The van der Waals surface area contributed by atoms with Crippen molar-refractivity contribution in [2.24, 2.45) is 11.1 Å². The molecule has 1 rings (SSSR count). The first-order chi connectivity index (χ1) is 5.08. The highest BCUT2D eigenvalue weighted by Crippen LogP contribution is 2.22. The van der Waals surface area contributed by atoms with Gasteiger partial charge < -0.3 is 0 Å². The Hall–Kier alpha value is 0.220. The molecule has 4 nitrogen and oxygen atoms in total. The van der Waals surface area contributed by atoms with Crippen molar-refractivity contribution in [3.05, 3.63) is 0 Å². The molecule has 1 saturated heterocycles. The minimum Gasteiger partial charge on any atom is -0.216 e. The van der Waals surface area contributed by atoms with E-state index in [-0.39, 0.29) is 0 Å². The van der Waals surface area contributed by atoms with E-state index in [0.717, 1.165) is 17.9 Å². The summed E-state index contributed by atoms with van der Waals surface area (Å²) in [5, 5.41) is 4.77. The summed E-state index contributed by atoms with van der Waals surface area (Å²) in [5.41, 5.74) is 0. The second-order valence-corrected chi connectivity index (χ2v) is 5.15. The Morgan fingerprint density at radius 3 is 2.82 bits per heavy atom. The molecule has 1 heterocycles. The molecule has 1 aliphatic rings. The third kappa shape index (κ3) is 3.95. The van der Waals surface area contributed by atoms with E-state index >= 15 is 0 Å². The van der Waals surface area contributed by atoms with Gasteiger partial charge in [0.15, 0.2) is 0 Å². The molecule has 6 heteroatoms. The van der Waals surface area contributed by atoms with Crippen LogP contribution in [0.4, 0.5) is 0 Å². The maximum atomic E-state index is 10.4. The number of nitrogens with two attached hydrogens (primary N) is 1. The molecule has 0 aromatic rings. The SMILES string of the molecule is NS(=O)(=O)NCC1CCSC1. The van der Waals surface area contributed by atoms with Crippen molar-refractivity contribution >= 4 is 22.0 Å². The number of hydrogen-bond acceptors (Lipinski definition) is 3. The van der Waals surface area contributed by atoms with Crippen molar-refractivity contribution in [1.82, 2.24) is 4.72 Å². The summed E-state index contributed by atoms with van der Waals surface area (Å²) in [6.45, 7) is 0.492. The number of nitrogens with one attached hydrogen (secondary N) is 1. The quantitative estimate of drug-likeness (QED) is 0.641. The topological polar surface area (TPSA) is 72.2 Å². The maximum absolute atomic E-state index is 10.4. The maximum Gasteiger partial charge on any atom is 0.274 e. The van der Waals surface area contributed by atoms with E-state index in [1.54, 1.807) is 0 Å². The molecular formula is C5H12N2O2S2. The van der Waals surface area contributed by atoms with Crippen molar-refractivity contribution in [3.63, 3.8) is 0 Å². The zero-order chi connectivity index (χ0) is 8.32. The zero-order valence-electron chi connectivity index (χ0n) is 6.12. The second kappa shape index (κ2) is 3.75. The molecule has 0 aromatic carbocycles. The van der Waals surface area contributed by atoms with E-state index in [1.165, 1.54) is 0 Å². The average Bonchev–Trinajstić information content (AvgIpc) is 2.32. The number of hydrogen-bond donors (Lipinski definition) is 2. The minimum atomic E-state index is -3.47. The Labute approximate surface area is 71.1 Å². The Morgan fingerprint density at radius 2 is 2.36 bits per heavy atom. The van der Waals surface area contributed by atoms with E-state index in [1.807, 2.05) is 11.8 Å². The van der Waals surface area contributed by atoms with Crippen LogP contribution in [-0.4, -0.2) is 26.5 Å². The molecule has 1 aliphatic heterocycles. The van der Waals surface area contributed by atoms with Crippen LogP contribution >= 0.6 is 11.8 Å². The summed E-state index contributed by atoms with van der Waals surface area (Å²) in [6.07, 6.45) is 1.09. The lowest BCUT2D eigenvalue weighted by atomic mass is 10.1. The molecule has 0 spiro atoms. The van der Waals surface area contributed by atoms with Crippen molar-refractivity contribution in [3.8, 4) is 0 Å². The zero-order valence-corrected chi connectivity index (χ0v) is 7.75. The molecule has 0 amide bonds. The van der Waals surface area contributed by atoms with Gasteiger partial charge in [-0.3, -0.25) is 0 Å². The van der Waals surface area contributed by atoms with Crippen LogP contribution in [0.15, 0.2) is 0 Å². The molecular weight excluding hydrogens is 184 g/mol. The fourth-order valence-corrected chi connectivity index (χ4v) is 2.73. The lowest BCUT2D eigenvalue weighted by Crippen LogP contribution is -2.34. The monoisotopic (exact) mass is 196 g/mol. The van der Waals surface area contributed by atoms with Crippen LogP contribution in [0.25, 0.3) is 0 Å². The Morgan fingerprint density at radius 1 is 1.64 bits per heavy atom. The van der Waals surface area contributed by atoms with Crippen molar-refractivity contribution in [2.75, 3.05) is 18.1 Å². The first kappa shape index (κ1) is 9.31. The van der Waals surface area contributed by atoms with E-state index in [4.69, 9.17) is 5.14 Å². The summed E-state index contributed by atoms with van der Waals surface area (Å²) in [4.78, 5) is 0. The van der Waals surface area contributed by atoms with Gasteiger partial charge in [-0.05, 0) is 23.8 Å². The summed E-state index contributed by atoms with van der Waals surface area (Å²) >= 11 is 1.86. The molecule has 66 valence electrons. The fourth-order valence-electron chi connectivity index (χ4n) is 0.978. The van der Waals surface area contributed by atoms with Crippen LogP contribution in [0.2, 0.25) is 0 Å². The molecule has 0 bridgehead atoms. The Bertz CT molecular complexity index is 209. The predicted molar refractivity (Wildman–Crippen MR) is 46.5 cm³/mol. The lowest BCUT2D eigenvalue weighted by Gasteiger charge is -2.06. The van der Waals surface area contributed by atoms with E-state index in [0.29, 0.717) is 12.5 Å². The van der Waals surface area contributed by atoms with Crippen LogP contribution in [0.1, 0.15) is 6.42 Å². The highest BCUT2D eigenvalue weighted by atomic mass is 32.2. The van der Waals surface area contributed by atoms with Crippen LogP contribution in [0.5, 0.6) is 0 Å². The number of rotatable bonds is 3. The third-order valence-corrected chi connectivity index (χ3v) is 3.40. The van der Waals surface area contributed by atoms with Crippen LogP contribution in [0, 0.1) is 5.92 Å². The van der Waals surface area contributed by atoms with Gasteiger partial charge >= 0.3 is 0 Å². The summed E-state index contributed by atoms with van der Waals surface area (Å²) in [5.74, 6) is 2.65. The van der Waals surface area contributed by atoms with Crippen LogP contribution in [-0.2, 0) is 10.2 Å². The van der Waals surface area contributed by atoms with Gasteiger partial charge in [0.1, 0.15) is 0 Å². The van der Waals surface area contributed by atoms with E-state index in [2.05, 4.69) is 4.72 Å². The standard InChI is InChI=1S/C5H12N2O2S2/c6-11(8,9)7-3-5-1-2-10-4-5/h5,7H,1-4H2,(H2,6,8,9). The lowest BCUT2D eigenvalue weighted by molar-refractivity contribution is 0.547. The molecule has 0 aliphatic carbocycles. The molecule has 0 aromatic heterocycles. The van der Waals surface area contributed by atoms with Gasteiger partial charge in [-0.1, -0.05) is 0 Å². The first-order valence-corrected chi connectivity index (χ1v) is 6.13. The highest BCUT2D eigenvalue weighted by Gasteiger charge is 2.16. The van der Waals surface area contributed by atoms with Gasteiger partial charge in [-0.2, -0.15) is 20.2 Å². The molecule has 0 saturated carbocycles. The molecule has 0 radical (unpaired) electrons. The minimum absolute atomic E-state index is 0.471. The summed E-state index contributed by atoms with van der Waals surface area (Å²) < 4.78 is 23.2. The predicted octanol–water partition coefficient (Wildman–Crippen LogP) is -0.467. The third-order valence-electron chi connectivity index (χ3n) is 1.60. The van der Waals surface area contributed by atoms with Crippen LogP contribution < -0.4 is 9.86 Å². The average molecular weight is 196 g/mol. The normalized spacial score (nSPS) is 25.7. The van der Waals surface area contributed by atoms with Gasteiger partial charge in [0.2, 0.25) is 0 Å². The Kier molecular flexibility index (Phi) is 3.17. The van der Waals surface area contributed by atoms with Crippen molar-refractivity contribution in [2.45, 2.75) is 6.42 Å². The van der Waals surface area contributed by atoms with Crippen molar-refractivity contribution in [1.29, 1.82) is 0 Å². The van der Waals surface area contributed by atoms with Gasteiger partial charge in [-0.25, -0.2) is 9.86 Å². The molecule has 1 unspecified atom stereocenters. The van der Waals surface area contributed by atoms with E-state index < -0.39 is 10.2 Å². The molecule has 1 atom stereocenters. The van der Waals surface area contributed by atoms with Gasteiger partial charge in [-0.15, -0.1) is 0 Å². The Balaban J connectivity index is 2.22. The van der Waals surface area contributed by atoms with Gasteiger partial charge in [0.05, 0.1) is 0 Å². The summed E-state index contributed by atoms with van der Waals surface area (Å²) in [7, 11) is -3.47.